The highest BCUT2D eigenvalue weighted by molar-refractivity contribution is 7.99. The standard InChI is InChI=1S/C11H21NO3S/c1-11(14,10(13)15-2)8-12-7-9-3-5-16-6-4-9/h9,12,14H,3-8H2,1-2H3. The number of carbonyl (C=O) groups is 1. The molecule has 1 rings (SSSR count). The molecular weight excluding hydrogens is 226 g/mol. The summed E-state index contributed by atoms with van der Waals surface area (Å²) in [6, 6.07) is 0. The van der Waals surface area contributed by atoms with Crippen molar-refractivity contribution in [1.29, 1.82) is 0 Å². The number of ether oxygens (including phenoxy) is 1. The largest absolute Gasteiger partial charge is 0.467 e. The molecule has 0 spiro atoms. The van der Waals surface area contributed by atoms with E-state index in [1.165, 1.54) is 38.4 Å². The smallest absolute Gasteiger partial charge is 0.338 e. The van der Waals surface area contributed by atoms with Crippen LogP contribution in [-0.2, 0) is 9.53 Å². The van der Waals surface area contributed by atoms with Crippen molar-refractivity contribution in [3.05, 3.63) is 0 Å². The van der Waals surface area contributed by atoms with Gasteiger partial charge < -0.3 is 15.2 Å². The first-order chi connectivity index (χ1) is 7.56. The summed E-state index contributed by atoms with van der Waals surface area (Å²) in [6.45, 7) is 2.60. The van der Waals surface area contributed by atoms with Gasteiger partial charge in [-0.3, -0.25) is 0 Å². The number of rotatable bonds is 5. The lowest BCUT2D eigenvalue weighted by atomic mass is 10.0. The van der Waals surface area contributed by atoms with E-state index < -0.39 is 11.6 Å². The fraction of sp³-hybridized carbons (Fsp3) is 0.909. The number of thioether (sulfide) groups is 1. The summed E-state index contributed by atoms with van der Waals surface area (Å²) in [7, 11) is 1.29. The predicted octanol–water partition coefficient (Wildman–Crippen LogP) is 0.643. The summed E-state index contributed by atoms with van der Waals surface area (Å²) in [5.74, 6) is 2.54. The molecule has 0 aromatic rings. The molecule has 1 aliphatic rings. The van der Waals surface area contributed by atoms with Crippen LogP contribution >= 0.6 is 11.8 Å². The van der Waals surface area contributed by atoms with E-state index >= 15 is 0 Å². The van der Waals surface area contributed by atoms with E-state index in [1.54, 1.807) is 0 Å². The van der Waals surface area contributed by atoms with E-state index in [2.05, 4.69) is 10.1 Å². The summed E-state index contributed by atoms with van der Waals surface area (Å²) in [5, 5.41) is 12.9. The van der Waals surface area contributed by atoms with Crippen LogP contribution in [0.25, 0.3) is 0 Å². The highest BCUT2D eigenvalue weighted by Crippen LogP contribution is 2.21. The third-order valence-corrected chi connectivity index (χ3v) is 3.92. The summed E-state index contributed by atoms with van der Waals surface area (Å²) >= 11 is 1.99. The number of hydrogen-bond acceptors (Lipinski definition) is 5. The van der Waals surface area contributed by atoms with Gasteiger partial charge in [-0.05, 0) is 43.7 Å². The number of aliphatic hydroxyl groups is 1. The number of esters is 1. The van der Waals surface area contributed by atoms with Crippen molar-refractivity contribution < 1.29 is 14.6 Å². The Balaban J connectivity index is 2.20. The molecule has 4 nitrogen and oxygen atoms in total. The van der Waals surface area contributed by atoms with Crippen molar-refractivity contribution in [2.45, 2.75) is 25.4 Å². The van der Waals surface area contributed by atoms with Crippen LogP contribution in [0.3, 0.4) is 0 Å². The molecule has 5 heteroatoms. The van der Waals surface area contributed by atoms with Crippen LogP contribution in [0.5, 0.6) is 0 Å². The first kappa shape index (κ1) is 13.8. The molecule has 0 radical (unpaired) electrons. The van der Waals surface area contributed by atoms with E-state index in [0.717, 1.165) is 6.54 Å². The van der Waals surface area contributed by atoms with Crippen LogP contribution in [-0.4, -0.2) is 48.4 Å². The molecule has 0 amide bonds. The average Bonchev–Trinajstić information content (AvgIpc) is 2.29. The average molecular weight is 247 g/mol. The number of nitrogens with one attached hydrogen (secondary N) is 1. The molecule has 1 unspecified atom stereocenters. The topological polar surface area (TPSA) is 58.6 Å². The summed E-state index contributed by atoms with van der Waals surface area (Å²) < 4.78 is 4.53. The molecule has 1 atom stereocenters. The van der Waals surface area contributed by atoms with Crippen LogP contribution < -0.4 is 5.32 Å². The minimum Gasteiger partial charge on any atom is -0.467 e. The molecule has 1 saturated heterocycles. The third-order valence-electron chi connectivity index (χ3n) is 2.87. The van der Waals surface area contributed by atoms with Crippen molar-refractivity contribution in [2.24, 2.45) is 5.92 Å². The van der Waals surface area contributed by atoms with E-state index in [0.29, 0.717) is 5.92 Å². The highest BCUT2D eigenvalue weighted by atomic mass is 32.2. The van der Waals surface area contributed by atoms with Crippen molar-refractivity contribution >= 4 is 17.7 Å². The molecular formula is C11H21NO3S. The van der Waals surface area contributed by atoms with Crippen molar-refractivity contribution in [2.75, 3.05) is 31.7 Å². The summed E-state index contributed by atoms with van der Waals surface area (Å²) in [6.07, 6.45) is 2.44. The van der Waals surface area contributed by atoms with Gasteiger partial charge in [0.05, 0.1) is 7.11 Å². The van der Waals surface area contributed by atoms with Crippen LogP contribution in [0, 0.1) is 5.92 Å². The molecule has 16 heavy (non-hydrogen) atoms. The normalized spacial score (nSPS) is 21.4. The van der Waals surface area contributed by atoms with Gasteiger partial charge in [0.1, 0.15) is 0 Å². The Morgan fingerprint density at radius 1 is 1.56 bits per heavy atom. The number of methoxy groups -OCH3 is 1. The monoisotopic (exact) mass is 247 g/mol. The summed E-state index contributed by atoms with van der Waals surface area (Å²) in [4.78, 5) is 11.2. The van der Waals surface area contributed by atoms with Gasteiger partial charge in [0.25, 0.3) is 0 Å². The van der Waals surface area contributed by atoms with Crippen molar-refractivity contribution in [3.8, 4) is 0 Å². The number of hydrogen-bond donors (Lipinski definition) is 2. The second-order valence-corrected chi connectivity index (χ2v) is 5.68. The molecule has 1 heterocycles. The maximum Gasteiger partial charge on any atom is 0.338 e. The zero-order valence-electron chi connectivity index (χ0n) is 9.99. The van der Waals surface area contributed by atoms with Crippen LogP contribution in [0.2, 0.25) is 0 Å². The van der Waals surface area contributed by atoms with Gasteiger partial charge in [0.2, 0.25) is 0 Å². The molecule has 1 aliphatic heterocycles. The lowest BCUT2D eigenvalue weighted by molar-refractivity contribution is -0.159. The predicted molar refractivity (Wildman–Crippen MR) is 65.6 cm³/mol. The van der Waals surface area contributed by atoms with Gasteiger partial charge in [0.15, 0.2) is 5.60 Å². The minimum absolute atomic E-state index is 0.253. The van der Waals surface area contributed by atoms with E-state index in [9.17, 15) is 9.90 Å². The molecule has 1 fully saturated rings. The lowest BCUT2D eigenvalue weighted by Gasteiger charge is -2.25. The van der Waals surface area contributed by atoms with Gasteiger partial charge in [-0.2, -0.15) is 11.8 Å². The van der Waals surface area contributed by atoms with Gasteiger partial charge in [-0.25, -0.2) is 4.79 Å². The second kappa shape index (κ2) is 6.47. The van der Waals surface area contributed by atoms with E-state index in [1.807, 2.05) is 11.8 Å². The molecule has 0 bridgehead atoms. The first-order valence-corrected chi connectivity index (χ1v) is 6.81. The fourth-order valence-corrected chi connectivity index (χ4v) is 2.97. The molecule has 0 aliphatic carbocycles. The zero-order valence-corrected chi connectivity index (χ0v) is 10.8. The number of carbonyl (C=O) groups excluding carboxylic acids is 1. The third kappa shape index (κ3) is 4.31. The Labute approximate surface area is 101 Å². The molecule has 0 aromatic carbocycles. The zero-order chi connectivity index (χ0) is 12.0. The fourth-order valence-electron chi connectivity index (χ4n) is 1.76. The molecule has 0 aromatic heterocycles. The Morgan fingerprint density at radius 3 is 2.75 bits per heavy atom. The Morgan fingerprint density at radius 2 is 2.19 bits per heavy atom. The molecule has 94 valence electrons. The minimum atomic E-state index is -1.42. The van der Waals surface area contributed by atoms with E-state index in [-0.39, 0.29) is 6.54 Å². The van der Waals surface area contributed by atoms with Crippen LogP contribution in [0.4, 0.5) is 0 Å². The maximum absolute atomic E-state index is 11.2. The van der Waals surface area contributed by atoms with Crippen LogP contribution in [0.15, 0.2) is 0 Å². The molecule has 0 saturated carbocycles. The van der Waals surface area contributed by atoms with Crippen LogP contribution in [0.1, 0.15) is 19.8 Å². The Kier molecular flexibility index (Phi) is 5.58. The van der Waals surface area contributed by atoms with Crippen molar-refractivity contribution in [1.82, 2.24) is 5.32 Å². The van der Waals surface area contributed by atoms with Gasteiger partial charge in [0, 0.05) is 6.54 Å². The summed E-state index contributed by atoms with van der Waals surface area (Å²) in [5.41, 5.74) is -1.42. The molecule has 2 N–H and O–H groups in total. The van der Waals surface area contributed by atoms with Gasteiger partial charge >= 0.3 is 5.97 Å². The Bertz CT molecular complexity index is 227. The Hall–Kier alpha value is -0.260. The second-order valence-electron chi connectivity index (χ2n) is 4.45. The first-order valence-electron chi connectivity index (χ1n) is 5.65. The quantitative estimate of drug-likeness (QED) is 0.698. The van der Waals surface area contributed by atoms with Crippen molar-refractivity contribution in [3.63, 3.8) is 0 Å². The SMILES string of the molecule is COC(=O)C(C)(O)CNCC1CCSCC1. The van der Waals surface area contributed by atoms with E-state index in [4.69, 9.17) is 0 Å². The maximum atomic E-state index is 11.2. The van der Waals surface area contributed by atoms with Gasteiger partial charge in [-0.15, -0.1) is 0 Å². The lowest BCUT2D eigenvalue weighted by Crippen LogP contribution is -2.46. The van der Waals surface area contributed by atoms with Gasteiger partial charge in [-0.1, -0.05) is 0 Å². The highest BCUT2D eigenvalue weighted by Gasteiger charge is 2.31.